The SMILES string of the molecule is COc1ccc2c(c1)C(C1CCN(C)CC1)Oc1ccccc1S2.O=C(O)/C=C/C(=O)O. The zero-order chi connectivity index (χ0) is 23.1. The van der Waals surface area contributed by atoms with Crippen LogP contribution in [0.5, 0.6) is 11.5 Å². The number of hydrogen-bond acceptors (Lipinski definition) is 6. The normalized spacial score (nSPS) is 18.4. The highest BCUT2D eigenvalue weighted by atomic mass is 32.2. The van der Waals surface area contributed by atoms with Crippen molar-refractivity contribution in [1.82, 2.24) is 4.90 Å². The molecule has 0 aromatic heterocycles. The van der Waals surface area contributed by atoms with Gasteiger partial charge in [-0.15, -0.1) is 0 Å². The summed E-state index contributed by atoms with van der Waals surface area (Å²) in [5.74, 6) is -0.0676. The number of carboxylic acid groups (broad SMARTS) is 2. The number of carboxylic acids is 2. The summed E-state index contributed by atoms with van der Waals surface area (Å²) in [5.41, 5.74) is 1.27. The minimum absolute atomic E-state index is 0.0972. The third-order valence-electron chi connectivity index (χ3n) is 5.41. The van der Waals surface area contributed by atoms with Gasteiger partial charge in [0.2, 0.25) is 0 Å². The Balaban J connectivity index is 0.000000312. The van der Waals surface area contributed by atoms with Crippen molar-refractivity contribution in [3.05, 3.63) is 60.2 Å². The molecule has 2 aromatic rings. The smallest absolute Gasteiger partial charge is 0.328 e. The van der Waals surface area contributed by atoms with Gasteiger partial charge in [0.05, 0.1) is 12.0 Å². The van der Waals surface area contributed by atoms with Crippen LogP contribution in [0.25, 0.3) is 0 Å². The van der Waals surface area contributed by atoms with Crippen molar-refractivity contribution < 1.29 is 29.3 Å². The van der Waals surface area contributed by atoms with Crippen LogP contribution >= 0.6 is 11.8 Å². The molecule has 2 N–H and O–H groups in total. The van der Waals surface area contributed by atoms with E-state index in [1.165, 1.54) is 28.2 Å². The van der Waals surface area contributed by atoms with Crippen LogP contribution in [-0.4, -0.2) is 54.3 Å². The number of likely N-dealkylation sites (tertiary alicyclic amines) is 1. The quantitative estimate of drug-likeness (QED) is 0.655. The van der Waals surface area contributed by atoms with Crippen molar-refractivity contribution in [2.45, 2.75) is 28.7 Å². The fraction of sp³-hybridized carbons (Fsp3) is 0.333. The van der Waals surface area contributed by atoms with Gasteiger partial charge in [-0.2, -0.15) is 0 Å². The first-order valence-electron chi connectivity index (χ1n) is 10.3. The predicted molar refractivity (Wildman–Crippen MR) is 122 cm³/mol. The Hall–Kier alpha value is -2.97. The second-order valence-electron chi connectivity index (χ2n) is 7.64. The van der Waals surface area contributed by atoms with E-state index < -0.39 is 11.9 Å². The molecular formula is C24H27NO6S. The molecule has 7 nitrogen and oxygen atoms in total. The van der Waals surface area contributed by atoms with Crippen molar-refractivity contribution in [3.63, 3.8) is 0 Å². The number of nitrogens with zero attached hydrogens (tertiary/aromatic N) is 1. The highest BCUT2D eigenvalue weighted by Crippen LogP contribution is 2.48. The summed E-state index contributed by atoms with van der Waals surface area (Å²) in [4.78, 5) is 24.0. The van der Waals surface area contributed by atoms with Crippen molar-refractivity contribution in [3.8, 4) is 11.5 Å². The van der Waals surface area contributed by atoms with Crippen molar-refractivity contribution in [2.24, 2.45) is 5.92 Å². The standard InChI is InChI=1S/C20H23NO2S.C4H4O4/c1-21-11-9-14(10-12-21)20-16-13-15(22-2)7-8-18(16)24-19-6-4-3-5-17(19)23-20;5-3(6)1-2-4(7)8/h3-8,13-14,20H,9-12H2,1-2H3;1-2H,(H,5,6)(H,7,8)/b;2-1+. The first-order chi connectivity index (χ1) is 15.4. The number of aliphatic carboxylic acids is 2. The van der Waals surface area contributed by atoms with Crippen LogP contribution in [-0.2, 0) is 9.59 Å². The molecule has 0 bridgehead atoms. The third-order valence-corrected chi connectivity index (χ3v) is 6.56. The van der Waals surface area contributed by atoms with Crippen LogP contribution in [0.1, 0.15) is 24.5 Å². The first kappa shape index (κ1) is 23.7. The van der Waals surface area contributed by atoms with Crippen LogP contribution in [0.3, 0.4) is 0 Å². The Morgan fingerprint density at radius 1 is 1.06 bits per heavy atom. The molecule has 0 amide bonds. The summed E-state index contributed by atoms with van der Waals surface area (Å²) in [6, 6.07) is 14.8. The lowest BCUT2D eigenvalue weighted by atomic mass is 9.87. The molecule has 1 saturated heterocycles. The minimum atomic E-state index is -1.26. The predicted octanol–water partition coefficient (Wildman–Crippen LogP) is 4.33. The Kier molecular flexibility index (Phi) is 8.19. The molecule has 0 spiro atoms. The highest BCUT2D eigenvalue weighted by molar-refractivity contribution is 7.99. The van der Waals surface area contributed by atoms with Gasteiger partial charge in [0.1, 0.15) is 17.6 Å². The Morgan fingerprint density at radius 3 is 2.34 bits per heavy atom. The molecule has 0 aliphatic carbocycles. The average molecular weight is 458 g/mol. The van der Waals surface area contributed by atoms with Gasteiger partial charge in [-0.25, -0.2) is 9.59 Å². The van der Waals surface area contributed by atoms with Crippen LogP contribution in [0.4, 0.5) is 0 Å². The lowest BCUT2D eigenvalue weighted by molar-refractivity contribution is -0.134. The maximum absolute atomic E-state index is 9.55. The zero-order valence-corrected chi connectivity index (χ0v) is 18.9. The second kappa shape index (κ2) is 11.1. The van der Waals surface area contributed by atoms with Crippen molar-refractivity contribution in [2.75, 3.05) is 27.2 Å². The van der Waals surface area contributed by atoms with Crippen LogP contribution < -0.4 is 9.47 Å². The second-order valence-corrected chi connectivity index (χ2v) is 8.73. The van der Waals surface area contributed by atoms with E-state index in [1.54, 1.807) is 18.9 Å². The van der Waals surface area contributed by atoms with Crippen molar-refractivity contribution in [1.29, 1.82) is 0 Å². The number of para-hydroxylation sites is 1. The molecule has 8 heteroatoms. The van der Waals surface area contributed by atoms with Gasteiger partial charge in [0, 0.05) is 28.5 Å². The molecule has 1 atom stereocenters. The van der Waals surface area contributed by atoms with Gasteiger partial charge in [0.15, 0.2) is 0 Å². The number of carbonyl (C=O) groups is 2. The Bertz CT molecular complexity index is 968. The van der Waals surface area contributed by atoms with E-state index in [9.17, 15) is 9.59 Å². The molecule has 1 unspecified atom stereocenters. The van der Waals surface area contributed by atoms with E-state index >= 15 is 0 Å². The number of ether oxygens (including phenoxy) is 2. The molecule has 32 heavy (non-hydrogen) atoms. The molecule has 4 rings (SSSR count). The lowest BCUT2D eigenvalue weighted by Crippen LogP contribution is -2.34. The summed E-state index contributed by atoms with van der Waals surface area (Å²) in [6.07, 6.45) is 3.56. The molecule has 2 heterocycles. The molecule has 2 aliphatic rings. The van der Waals surface area contributed by atoms with E-state index in [1.807, 2.05) is 6.07 Å². The van der Waals surface area contributed by atoms with Gasteiger partial charge in [0.25, 0.3) is 0 Å². The van der Waals surface area contributed by atoms with E-state index in [0.29, 0.717) is 18.1 Å². The molecular weight excluding hydrogens is 430 g/mol. The lowest BCUT2D eigenvalue weighted by Gasteiger charge is -2.34. The maximum Gasteiger partial charge on any atom is 0.328 e. The number of methoxy groups -OCH3 is 1. The highest BCUT2D eigenvalue weighted by Gasteiger charge is 2.33. The molecule has 0 radical (unpaired) electrons. The molecule has 2 aromatic carbocycles. The molecule has 1 fully saturated rings. The summed E-state index contributed by atoms with van der Waals surface area (Å²) in [5, 5.41) is 15.6. The van der Waals surface area contributed by atoms with Gasteiger partial charge in [-0.1, -0.05) is 23.9 Å². The zero-order valence-electron chi connectivity index (χ0n) is 18.1. The van der Waals surface area contributed by atoms with E-state index in [4.69, 9.17) is 19.7 Å². The summed E-state index contributed by atoms with van der Waals surface area (Å²) in [6.45, 7) is 2.28. The Morgan fingerprint density at radius 2 is 1.72 bits per heavy atom. The minimum Gasteiger partial charge on any atom is -0.497 e. The van der Waals surface area contributed by atoms with Crippen LogP contribution in [0, 0.1) is 5.92 Å². The Labute approximate surface area is 191 Å². The van der Waals surface area contributed by atoms with E-state index in [-0.39, 0.29) is 6.10 Å². The summed E-state index contributed by atoms with van der Waals surface area (Å²) in [7, 11) is 3.93. The molecule has 0 saturated carbocycles. The molecule has 2 aliphatic heterocycles. The van der Waals surface area contributed by atoms with Crippen LogP contribution in [0.2, 0.25) is 0 Å². The summed E-state index contributed by atoms with van der Waals surface area (Å²) < 4.78 is 12.0. The first-order valence-corrected chi connectivity index (χ1v) is 11.1. The van der Waals surface area contributed by atoms with Gasteiger partial charge >= 0.3 is 11.9 Å². The maximum atomic E-state index is 9.55. The largest absolute Gasteiger partial charge is 0.497 e. The van der Waals surface area contributed by atoms with Crippen LogP contribution in [0.15, 0.2) is 64.4 Å². The number of rotatable bonds is 4. The summed E-state index contributed by atoms with van der Waals surface area (Å²) >= 11 is 1.80. The number of benzene rings is 2. The third kappa shape index (κ3) is 6.27. The fourth-order valence-corrected chi connectivity index (χ4v) is 4.77. The van der Waals surface area contributed by atoms with Crippen molar-refractivity contribution >= 4 is 23.7 Å². The van der Waals surface area contributed by atoms with E-state index in [2.05, 4.69) is 48.3 Å². The average Bonchev–Trinajstić information content (AvgIpc) is 2.95. The van der Waals surface area contributed by atoms with E-state index in [0.717, 1.165) is 24.6 Å². The number of piperidine rings is 1. The van der Waals surface area contributed by atoms with Gasteiger partial charge in [-0.05, 0) is 63.3 Å². The fourth-order valence-electron chi connectivity index (χ4n) is 3.74. The topological polar surface area (TPSA) is 96.3 Å². The number of hydrogen-bond donors (Lipinski definition) is 2. The van der Waals surface area contributed by atoms with Gasteiger partial charge in [-0.3, -0.25) is 0 Å². The monoisotopic (exact) mass is 457 g/mol. The number of fused-ring (bicyclic) bond motifs is 2. The molecule has 170 valence electrons. The van der Waals surface area contributed by atoms with Gasteiger partial charge < -0.3 is 24.6 Å².